The van der Waals surface area contributed by atoms with E-state index in [9.17, 15) is 8.76 Å². The van der Waals surface area contributed by atoms with Crippen LogP contribution in [0.3, 0.4) is 0 Å². The van der Waals surface area contributed by atoms with Crippen LogP contribution in [0.25, 0.3) is 0 Å². The van der Waals surface area contributed by atoms with Crippen LogP contribution in [0.5, 0.6) is 0 Å². The van der Waals surface area contributed by atoms with Crippen LogP contribution in [0.2, 0.25) is 0 Å². The first-order valence-electron chi connectivity index (χ1n) is 0.902. The average molecular weight is 300 g/mol. The average Bonchev–Trinajstić information content (AvgIpc) is 1.35. The molecular weight excluding hydrogens is 300 g/mol. The molecule has 0 rings (SSSR count). The van der Waals surface area contributed by atoms with Gasteiger partial charge in [-0.3, -0.25) is 0 Å². The molecule has 0 aliphatic carbocycles. The number of hydrogen-bond acceptors (Lipinski definition) is 4. The molecule has 0 radical (unpaired) electrons. The topological polar surface area (TPSA) is 58.6 Å². The summed E-state index contributed by atoms with van der Waals surface area (Å²) >= 11 is -2.39. The molecule has 0 aliphatic heterocycles. The standard InChI is InChI=1S/H2O4S.Tl/c1-4-5(2)3;/h1H,(H,2,3);/q;+1/p-2. The van der Waals surface area contributed by atoms with Gasteiger partial charge in [-0.15, -0.1) is 0 Å². The Kier molecular flexibility index (Phi) is 4.77. The summed E-state index contributed by atoms with van der Waals surface area (Å²) in [4.78, 5) is 0. The van der Waals surface area contributed by atoms with Crippen LogP contribution in [0.1, 0.15) is 0 Å². The maximum absolute atomic E-state index is 9.28. The number of hydrogen-bond donors (Lipinski definition) is 0. The molecule has 0 N–H and O–H groups in total. The van der Waals surface area contributed by atoms with Crippen molar-refractivity contribution >= 4 is 37.6 Å². The second-order valence-corrected chi connectivity index (χ2v) is 1.66. The second-order valence-electron chi connectivity index (χ2n) is 0.368. The first-order valence-corrected chi connectivity index (χ1v) is 3.73. The van der Waals surface area contributed by atoms with Crippen molar-refractivity contribution in [2.24, 2.45) is 0 Å². The van der Waals surface area contributed by atoms with Gasteiger partial charge in [0.1, 0.15) is 0 Å². The Hall–Kier alpha value is 0.952. The van der Waals surface area contributed by atoms with Gasteiger partial charge in [0, 0.05) is 0 Å². The molecule has 0 aromatic carbocycles. The Balaban J connectivity index is 2.83. The molecular formula is O4STl-. The van der Waals surface area contributed by atoms with Crippen LogP contribution >= 0.6 is 0 Å². The summed E-state index contributed by atoms with van der Waals surface area (Å²) in [5, 5.41) is 0. The monoisotopic (exact) mass is 301 g/mol. The molecule has 0 heterocycles. The summed E-state index contributed by atoms with van der Waals surface area (Å²) < 4.78 is 25.9. The van der Waals surface area contributed by atoms with Gasteiger partial charge in [0.15, 0.2) is 0 Å². The van der Waals surface area contributed by atoms with E-state index in [1.54, 1.807) is 0 Å². The Morgan fingerprint density at radius 2 is 2.33 bits per heavy atom. The zero-order valence-corrected chi connectivity index (χ0v) is 7.92. The second kappa shape index (κ2) is 4.12. The molecule has 0 aliphatic rings. The minimum atomic E-state index is -2.50. The van der Waals surface area contributed by atoms with Crippen LogP contribution in [0.4, 0.5) is 0 Å². The fourth-order valence-electron chi connectivity index (χ4n) is 0.0321. The predicted molar refractivity (Wildman–Crippen MR) is 16.8 cm³/mol. The van der Waals surface area contributed by atoms with Gasteiger partial charge in [-0.25, -0.2) is 0 Å². The molecule has 0 fully saturated rings. The van der Waals surface area contributed by atoms with E-state index in [0.29, 0.717) is 0 Å². The zero-order valence-electron chi connectivity index (χ0n) is 2.62. The van der Waals surface area contributed by atoms with Crippen molar-refractivity contribution in [3.63, 3.8) is 0 Å². The Labute approximate surface area is 53.6 Å². The molecule has 4 nitrogen and oxygen atoms in total. The van der Waals surface area contributed by atoms with Crippen LogP contribution in [-0.2, 0) is 18.5 Å². The Morgan fingerprint density at radius 3 is 2.33 bits per heavy atom. The van der Waals surface area contributed by atoms with Gasteiger partial charge in [0.05, 0.1) is 0 Å². The Morgan fingerprint density at radius 1 is 1.83 bits per heavy atom. The van der Waals surface area contributed by atoms with E-state index in [1.807, 2.05) is 0 Å². The first kappa shape index (κ1) is 6.95. The Bertz CT molecular complexity index is 51.5. The molecule has 0 spiro atoms. The van der Waals surface area contributed by atoms with Crippen molar-refractivity contribution in [1.29, 1.82) is 0 Å². The fraction of sp³-hybridized carbons (Fsp3) is 0. The summed E-state index contributed by atoms with van der Waals surface area (Å²) in [7, 11) is 0. The van der Waals surface area contributed by atoms with Crippen molar-refractivity contribution in [2.75, 3.05) is 0 Å². The van der Waals surface area contributed by atoms with Gasteiger partial charge >= 0.3 is 53.5 Å². The van der Waals surface area contributed by atoms with Gasteiger partial charge in [-0.05, 0) is 0 Å². The van der Waals surface area contributed by atoms with Gasteiger partial charge in [0.2, 0.25) is 0 Å². The quantitative estimate of drug-likeness (QED) is 0.279. The first-order chi connectivity index (χ1) is 2.77. The van der Waals surface area contributed by atoms with Crippen molar-refractivity contribution < 1.29 is 15.9 Å². The molecule has 6 heteroatoms. The molecule has 0 saturated carbocycles. The van der Waals surface area contributed by atoms with Crippen molar-refractivity contribution in [1.82, 2.24) is 0 Å². The van der Waals surface area contributed by atoms with E-state index in [0.717, 1.165) is 0 Å². The summed E-state index contributed by atoms with van der Waals surface area (Å²) in [6, 6.07) is 0. The SMILES string of the molecule is O=S([O-])O[O][Tl]. The molecule has 0 bridgehead atoms. The van der Waals surface area contributed by atoms with Crippen molar-refractivity contribution in [3.05, 3.63) is 0 Å². The normalized spacial score (nSPS) is 14.0. The van der Waals surface area contributed by atoms with Gasteiger partial charge in [-0.2, -0.15) is 0 Å². The minimum absolute atomic E-state index is 0.105. The van der Waals surface area contributed by atoms with Crippen LogP contribution in [0, 0.1) is 0 Å². The van der Waals surface area contributed by atoms with E-state index in [2.05, 4.69) is 7.17 Å². The fourth-order valence-corrected chi connectivity index (χ4v) is 0.844. The van der Waals surface area contributed by atoms with E-state index in [-0.39, 0.29) is 26.2 Å². The van der Waals surface area contributed by atoms with E-state index >= 15 is 0 Å². The van der Waals surface area contributed by atoms with Gasteiger partial charge < -0.3 is 0 Å². The maximum atomic E-state index is 9.28. The summed E-state index contributed by atoms with van der Waals surface area (Å²) in [6.07, 6.45) is 0. The summed E-state index contributed by atoms with van der Waals surface area (Å²) in [5.74, 6) is 0. The third-order valence-corrected chi connectivity index (χ3v) is 1.20. The van der Waals surface area contributed by atoms with Crippen LogP contribution < -0.4 is 0 Å². The zero-order chi connectivity index (χ0) is 4.99. The van der Waals surface area contributed by atoms with E-state index in [1.165, 1.54) is 0 Å². The third-order valence-electron chi connectivity index (χ3n) is 0.0948. The molecule has 1 unspecified atom stereocenters. The van der Waals surface area contributed by atoms with E-state index in [4.69, 9.17) is 0 Å². The summed E-state index contributed by atoms with van der Waals surface area (Å²) in [5.41, 5.74) is 0. The van der Waals surface area contributed by atoms with Crippen molar-refractivity contribution in [2.45, 2.75) is 0 Å². The molecule has 34 valence electrons. The van der Waals surface area contributed by atoms with E-state index < -0.39 is 11.4 Å². The number of rotatable bonds is 2. The van der Waals surface area contributed by atoms with Gasteiger partial charge in [0.25, 0.3) is 0 Å². The predicted octanol–water partition coefficient (Wildman–Crippen LogP) is -1.19. The molecule has 1 atom stereocenters. The van der Waals surface area contributed by atoms with Crippen molar-refractivity contribution in [3.8, 4) is 0 Å². The molecule has 0 aromatic heterocycles. The molecule has 6 heavy (non-hydrogen) atoms. The van der Waals surface area contributed by atoms with Crippen LogP contribution in [-0.4, -0.2) is 35.0 Å². The third kappa shape index (κ3) is 4.95. The van der Waals surface area contributed by atoms with Crippen LogP contribution in [0.15, 0.2) is 0 Å². The molecule has 0 saturated heterocycles. The summed E-state index contributed by atoms with van der Waals surface area (Å²) in [6.45, 7) is 0. The van der Waals surface area contributed by atoms with Gasteiger partial charge in [-0.1, -0.05) is 0 Å². The molecule has 0 aromatic rings. The molecule has 0 amide bonds.